The lowest BCUT2D eigenvalue weighted by Crippen LogP contribution is -2.38. The summed E-state index contributed by atoms with van der Waals surface area (Å²) in [7, 11) is 3.20. The van der Waals surface area contributed by atoms with E-state index in [0.717, 1.165) is 46.9 Å². The molecule has 172 valence electrons. The number of esters is 1. The van der Waals surface area contributed by atoms with Crippen molar-refractivity contribution in [2.45, 2.75) is 38.6 Å². The Labute approximate surface area is 192 Å². The highest BCUT2D eigenvalue weighted by Gasteiger charge is 2.24. The highest BCUT2D eigenvalue weighted by atomic mass is 16.5. The van der Waals surface area contributed by atoms with Crippen LogP contribution < -0.4 is 9.47 Å². The Kier molecular flexibility index (Phi) is 5.70. The standard InChI is InChI=1S/C26H27NO6/c1-30-23-10-18-6-7-27(13-19(18)11-24(23)31-2)25(28)15-33-26(29)12-20-14-32-22-9-17-5-3-4-16(17)8-21(20)22/h8-11,14H,3-7,12-13,15H2,1-2H3. The lowest BCUT2D eigenvalue weighted by atomic mass is 9.99. The first-order valence-corrected chi connectivity index (χ1v) is 11.2. The van der Waals surface area contributed by atoms with E-state index >= 15 is 0 Å². The van der Waals surface area contributed by atoms with E-state index in [9.17, 15) is 9.59 Å². The van der Waals surface area contributed by atoms with Crippen LogP contribution in [-0.4, -0.2) is 44.1 Å². The van der Waals surface area contributed by atoms with Gasteiger partial charge in [-0.1, -0.05) is 0 Å². The number of furan rings is 1. The smallest absolute Gasteiger partial charge is 0.310 e. The molecule has 0 saturated carbocycles. The van der Waals surface area contributed by atoms with Gasteiger partial charge in [-0.15, -0.1) is 0 Å². The zero-order valence-corrected chi connectivity index (χ0v) is 18.9. The Morgan fingerprint density at radius 3 is 2.39 bits per heavy atom. The van der Waals surface area contributed by atoms with Crippen LogP contribution in [0.2, 0.25) is 0 Å². The van der Waals surface area contributed by atoms with Gasteiger partial charge >= 0.3 is 5.97 Å². The molecule has 1 aliphatic heterocycles. The monoisotopic (exact) mass is 449 g/mol. The number of fused-ring (bicyclic) bond motifs is 3. The number of rotatable bonds is 6. The fourth-order valence-electron chi connectivity index (χ4n) is 4.82. The Morgan fingerprint density at radius 2 is 1.64 bits per heavy atom. The van der Waals surface area contributed by atoms with Crippen molar-refractivity contribution in [3.8, 4) is 11.5 Å². The predicted octanol–water partition coefficient (Wildman–Crippen LogP) is 3.61. The van der Waals surface area contributed by atoms with E-state index in [2.05, 4.69) is 12.1 Å². The number of amides is 1. The summed E-state index contributed by atoms with van der Waals surface area (Å²) in [4.78, 5) is 26.9. The minimum atomic E-state index is -0.435. The van der Waals surface area contributed by atoms with Gasteiger partial charge in [0.2, 0.25) is 0 Å². The van der Waals surface area contributed by atoms with Gasteiger partial charge in [0.1, 0.15) is 5.58 Å². The number of methoxy groups -OCH3 is 2. The fourth-order valence-corrected chi connectivity index (χ4v) is 4.82. The zero-order valence-electron chi connectivity index (χ0n) is 18.9. The van der Waals surface area contributed by atoms with Gasteiger partial charge in [-0.2, -0.15) is 0 Å². The van der Waals surface area contributed by atoms with Gasteiger partial charge in [0.25, 0.3) is 5.91 Å². The first-order chi connectivity index (χ1) is 16.1. The molecule has 2 heterocycles. The molecule has 3 aromatic rings. The van der Waals surface area contributed by atoms with Crippen LogP contribution in [0.3, 0.4) is 0 Å². The van der Waals surface area contributed by atoms with Crippen LogP contribution in [0.25, 0.3) is 11.0 Å². The topological polar surface area (TPSA) is 78.2 Å². The maximum absolute atomic E-state index is 12.7. The average molecular weight is 450 g/mol. The highest BCUT2D eigenvalue weighted by molar-refractivity contribution is 5.88. The minimum absolute atomic E-state index is 0.0822. The fraction of sp³-hybridized carbons (Fsp3) is 0.385. The number of carbonyl (C=O) groups is 2. The van der Waals surface area contributed by atoms with Gasteiger partial charge in [-0.3, -0.25) is 9.59 Å². The molecule has 0 unspecified atom stereocenters. The van der Waals surface area contributed by atoms with Gasteiger partial charge < -0.3 is 23.5 Å². The molecular formula is C26H27NO6. The van der Waals surface area contributed by atoms with Crippen LogP contribution in [0.1, 0.15) is 34.2 Å². The summed E-state index contributed by atoms with van der Waals surface area (Å²) < 4.78 is 21.7. The predicted molar refractivity (Wildman–Crippen MR) is 122 cm³/mol. The Morgan fingerprint density at radius 1 is 0.939 bits per heavy atom. The average Bonchev–Trinajstić information content (AvgIpc) is 3.46. The van der Waals surface area contributed by atoms with Crippen molar-refractivity contribution < 1.29 is 28.2 Å². The summed E-state index contributed by atoms with van der Waals surface area (Å²) in [6.45, 7) is 0.743. The van der Waals surface area contributed by atoms with Crippen LogP contribution in [0.5, 0.6) is 11.5 Å². The quantitative estimate of drug-likeness (QED) is 0.535. The molecule has 0 radical (unpaired) electrons. The first kappa shape index (κ1) is 21.4. The van der Waals surface area contributed by atoms with Crippen molar-refractivity contribution in [3.63, 3.8) is 0 Å². The lowest BCUT2D eigenvalue weighted by molar-refractivity contribution is -0.151. The third kappa shape index (κ3) is 4.15. The molecule has 33 heavy (non-hydrogen) atoms. The third-order valence-corrected chi connectivity index (χ3v) is 6.63. The normalized spacial score (nSPS) is 14.7. The molecular weight excluding hydrogens is 422 g/mol. The minimum Gasteiger partial charge on any atom is -0.493 e. The molecule has 1 aliphatic carbocycles. The summed E-state index contributed by atoms with van der Waals surface area (Å²) in [6, 6.07) is 8.07. The van der Waals surface area contributed by atoms with Gasteiger partial charge in [-0.05, 0) is 72.2 Å². The molecule has 0 atom stereocenters. The van der Waals surface area contributed by atoms with Crippen molar-refractivity contribution in [3.05, 3.63) is 58.3 Å². The first-order valence-electron chi connectivity index (χ1n) is 11.2. The number of benzene rings is 2. The Hall–Kier alpha value is -3.48. The van der Waals surface area contributed by atoms with Gasteiger partial charge in [0.15, 0.2) is 18.1 Å². The van der Waals surface area contributed by atoms with Crippen LogP contribution in [0.4, 0.5) is 0 Å². The summed E-state index contributed by atoms with van der Waals surface area (Å²) >= 11 is 0. The molecule has 2 aliphatic rings. The van der Waals surface area contributed by atoms with Crippen molar-refractivity contribution in [1.29, 1.82) is 0 Å². The number of hydrogen-bond acceptors (Lipinski definition) is 6. The number of hydrogen-bond donors (Lipinski definition) is 0. The van der Waals surface area contributed by atoms with Crippen LogP contribution in [0, 0.1) is 0 Å². The molecule has 0 bridgehead atoms. The van der Waals surface area contributed by atoms with Crippen molar-refractivity contribution >= 4 is 22.8 Å². The molecule has 1 aromatic heterocycles. The van der Waals surface area contributed by atoms with Crippen molar-refractivity contribution in [2.24, 2.45) is 0 Å². The van der Waals surface area contributed by atoms with Crippen molar-refractivity contribution in [2.75, 3.05) is 27.4 Å². The molecule has 0 fully saturated rings. The molecule has 7 nitrogen and oxygen atoms in total. The van der Waals surface area contributed by atoms with Gasteiger partial charge in [0, 0.05) is 24.0 Å². The molecule has 5 rings (SSSR count). The molecule has 0 N–H and O–H groups in total. The van der Waals surface area contributed by atoms with Crippen LogP contribution in [0.15, 0.2) is 34.9 Å². The van der Waals surface area contributed by atoms with E-state index < -0.39 is 5.97 Å². The second-order valence-electron chi connectivity index (χ2n) is 8.61. The van der Waals surface area contributed by atoms with Gasteiger partial charge in [0.05, 0.1) is 26.9 Å². The molecule has 0 spiro atoms. The van der Waals surface area contributed by atoms with Crippen molar-refractivity contribution in [1.82, 2.24) is 4.90 Å². The largest absolute Gasteiger partial charge is 0.493 e. The number of nitrogens with zero attached hydrogens (tertiary/aromatic N) is 1. The highest BCUT2D eigenvalue weighted by Crippen LogP contribution is 2.33. The number of aryl methyl sites for hydroxylation is 2. The summed E-state index contributed by atoms with van der Waals surface area (Å²) in [5.41, 5.74) is 6.39. The van der Waals surface area contributed by atoms with Crippen LogP contribution in [-0.2, 0) is 46.6 Å². The Bertz CT molecular complexity index is 1230. The molecule has 7 heteroatoms. The molecule has 2 aromatic carbocycles. The van der Waals surface area contributed by atoms with E-state index in [4.69, 9.17) is 18.6 Å². The SMILES string of the molecule is COc1cc2c(cc1OC)CN(C(=O)COC(=O)Cc1coc3cc4c(cc13)CCC4)CC2. The van der Waals surface area contributed by atoms with E-state index in [0.29, 0.717) is 31.0 Å². The van der Waals surface area contributed by atoms with Crippen LogP contribution >= 0.6 is 0 Å². The third-order valence-electron chi connectivity index (χ3n) is 6.63. The summed E-state index contributed by atoms with van der Waals surface area (Å²) in [5.74, 6) is 0.672. The van der Waals surface area contributed by atoms with E-state index in [1.165, 1.54) is 11.1 Å². The Balaban J connectivity index is 1.19. The lowest BCUT2D eigenvalue weighted by Gasteiger charge is -2.29. The molecule has 0 saturated heterocycles. The number of ether oxygens (including phenoxy) is 3. The number of carbonyl (C=O) groups excluding carboxylic acids is 2. The van der Waals surface area contributed by atoms with Gasteiger partial charge in [-0.25, -0.2) is 0 Å². The molecule has 1 amide bonds. The van der Waals surface area contributed by atoms with E-state index in [-0.39, 0.29) is 18.9 Å². The maximum atomic E-state index is 12.7. The van der Waals surface area contributed by atoms with E-state index in [1.807, 2.05) is 12.1 Å². The second kappa shape index (κ2) is 8.81. The zero-order chi connectivity index (χ0) is 22.9. The van der Waals surface area contributed by atoms with E-state index in [1.54, 1.807) is 25.4 Å². The maximum Gasteiger partial charge on any atom is 0.310 e. The summed E-state index contributed by atoms with van der Waals surface area (Å²) in [6.07, 6.45) is 5.70. The second-order valence-corrected chi connectivity index (χ2v) is 8.61. The summed E-state index contributed by atoms with van der Waals surface area (Å²) in [5, 5.41) is 0.955.